The molecule has 1 atom stereocenters. The van der Waals surface area contributed by atoms with E-state index >= 15 is 0 Å². The minimum absolute atomic E-state index is 0.00627. The molecule has 0 aromatic carbocycles. The third kappa shape index (κ3) is 1.86. The summed E-state index contributed by atoms with van der Waals surface area (Å²) < 4.78 is 2.18. The van der Waals surface area contributed by atoms with Crippen molar-refractivity contribution in [1.82, 2.24) is 14.3 Å². The van der Waals surface area contributed by atoms with Crippen molar-refractivity contribution in [1.29, 1.82) is 0 Å². The van der Waals surface area contributed by atoms with E-state index in [-0.39, 0.29) is 18.5 Å². The first-order valence-electron chi connectivity index (χ1n) is 5.58. The van der Waals surface area contributed by atoms with E-state index in [1.807, 2.05) is 0 Å². The number of hydrogen-bond acceptors (Lipinski definition) is 5. The molecule has 0 spiro atoms. The Labute approximate surface area is 97.9 Å². The van der Waals surface area contributed by atoms with Gasteiger partial charge in [0.15, 0.2) is 0 Å². The molecule has 2 rings (SSSR count). The zero-order valence-corrected chi connectivity index (χ0v) is 9.96. The summed E-state index contributed by atoms with van der Waals surface area (Å²) in [7, 11) is 2.94. The van der Waals surface area contributed by atoms with Gasteiger partial charge in [-0.25, -0.2) is 9.48 Å². The van der Waals surface area contributed by atoms with Gasteiger partial charge in [0.2, 0.25) is 5.82 Å². The Balaban J connectivity index is 2.53. The molecule has 0 radical (unpaired) electrons. The number of aliphatic hydroxyl groups excluding tert-OH is 1. The molecule has 0 saturated carbocycles. The van der Waals surface area contributed by atoms with Gasteiger partial charge in [0, 0.05) is 20.6 Å². The first-order chi connectivity index (χ1) is 8.06. The summed E-state index contributed by atoms with van der Waals surface area (Å²) in [5.41, 5.74) is -0.855. The van der Waals surface area contributed by atoms with Gasteiger partial charge in [-0.15, -0.1) is 5.10 Å². The zero-order chi connectivity index (χ0) is 12.6. The number of anilines is 1. The maximum absolute atomic E-state index is 12.0. The molecule has 17 heavy (non-hydrogen) atoms. The Morgan fingerprint density at radius 1 is 1.41 bits per heavy atom. The van der Waals surface area contributed by atoms with E-state index in [4.69, 9.17) is 0 Å². The van der Waals surface area contributed by atoms with Gasteiger partial charge in [0.25, 0.3) is 5.56 Å². The highest BCUT2D eigenvalue weighted by Crippen LogP contribution is 2.19. The van der Waals surface area contributed by atoms with Gasteiger partial charge in [-0.3, -0.25) is 9.36 Å². The van der Waals surface area contributed by atoms with Crippen LogP contribution >= 0.6 is 0 Å². The summed E-state index contributed by atoms with van der Waals surface area (Å²) in [5, 5.41) is 13.2. The van der Waals surface area contributed by atoms with Crippen molar-refractivity contribution in [2.45, 2.75) is 18.9 Å². The molecular weight excluding hydrogens is 224 g/mol. The van der Waals surface area contributed by atoms with E-state index in [1.54, 1.807) is 4.90 Å². The minimum Gasteiger partial charge on any atom is -0.394 e. The lowest BCUT2D eigenvalue weighted by Crippen LogP contribution is -2.45. The molecule has 0 aliphatic carbocycles. The van der Waals surface area contributed by atoms with Crippen LogP contribution in [-0.4, -0.2) is 38.6 Å². The van der Waals surface area contributed by atoms with Crippen LogP contribution in [0.25, 0.3) is 0 Å². The summed E-state index contributed by atoms with van der Waals surface area (Å²) >= 11 is 0. The standard InChI is InChI=1S/C10H16N4O3/c1-12-9(16)8(11-13(2)10(12)17)14-5-3-4-7(14)6-15/h7,15H,3-6H2,1-2H3. The summed E-state index contributed by atoms with van der Waals surface area (Å²) in [6.45, 7) is 0.680. The molecule has 7 nitrogen and oxygen atoms in total. The number of rotatable bonds is 2. The summed E-state index contributed by atoms with van der Waals surface area (Å²) in [5.74, 6) is 0.242. The van der Waals surface area contributed by atoms with Crippen molar-refractivity contribution in [3.05, 3.63) is 20.8 Å². The van der Waals surface area contributed by atoms with Gasteiger partial charge < -0.3 is 10.0 Å². The molecule has 0 bridgehead atoms. The topological polar surface area (TPSA) is 80.4 Å². The van der Waals surface area contributed by atoms with Crippen LogP contribution in [-0.2, 0) is 14.1 Å². The number of aliphatic hydroxyl groups is 1. The minimum atomic E-state index is -0.446. The monoisotopic (exact) mass is 240 g/mol. The normalized spacial score (nSPS) is 19.9. The lowest BCUT2D eigenvalue weighted by atomic mass is 10.2. The first-order valence-corrected chi connectivity index (χ1v) is 5.58. The quantitative estimate of drug-likeness (QED) is 0.676. The second-order valence-electron chi connectivity index (χ2n) is 4.27. The molecule has 2 heterocycles. The summed E-state index contributed by atoms with van der Waals surface area (Å²) in [6, 6.07) is -0.0762. The molecule has 1 aliphatic heterocycles. The van der Waals surface area contributed by atoms with Crippen molar-refractivity contribution in [3.63, 3.8) is 0 Å². The van der Waals surface area contributed by atoms with Crippen molar-refractivity contribution >= 4 is 5.82 Å². The molecule has 1 N–H and O–H groups in total. The second-order valence-corrected chi connectivity index (χ2v) is 4.27. The largest absolute Gasteiger partial charge is 0.394 e. The fourth-order valence-corrected chi connectivity index (χ4v) is 2.17. The maximum Gasteiger partial charge on any atom is 0.346 e. The van der Waals surface area contributed by atoms with E-state index in [1.165, 1.54) is 14.1 Å². The molecule has 1 aromatic heterocycles. The van der Waals surface area contributed by atoms with Crippen LogP contribution in [0.4, 0.5) is 5.82 Å². The van der Waals surface area contributed by atoms with Crippen LogP contribution in [0, 0.1) is 0 Å². The molecule has 1 fully saturated rings. The molecule has 1 aromatic rings. The van der Waals surface area contributed by atoms with E-state index in [0.717, 1.165) is 22.1 Å². The van der Waals surface area contributed by atoms with Crippen LogP contribution < -0.4 is 16.1 Å². The van der Waals surface area contributed by atoms with E-state index < -0.39 is 11.2 Å². The van der Waals surface area contributed by atoms with Gasteiger partial charge in [-0.1, -0.05) is 0 Å². The lowest BCUT2D eigenvalue weighted by Gasteiger charge is -2.23. The smallest absolute Gasteiger partial charge is 0.346 e. The van der Waals surface area contributed by atoms with Gasteiger partial charge in [-0.05, 0) is 12.8 Å². The molecule has 1 unspecified atom stereocenters. The highest BCUT2D eigenvalue weighted by molar-refractivity contribution is 5.37. The van der Waals surface area contributed by atoms with Gasteiger partial charge in [-0.2, -0.15) is 0 Å². The number of nitrogens with zero attached hydrogens (tertiary/aromatic N) is 4. The Hall–Kier alpha value is -1.63. The summed E-state index contributed by atoms with van der Waals surface area (Å²) in [6.07, 6.45) is 1.75. The molecule has 94 valence electrons. The first kappa shape index (κ1) is 11.8. The average Bonchev–Trinajstić information content (AvgIpc) is 2.79. The van der Waals surface area contributed by atoms with Crippen molar-refractivity contribution in [3.8, 4) is 0 Å². The van der Waals surface area contributed by atoms with Crippen LogP contribution in [0.1, 0.15) is 12.8 Å². The number of hydrogen-bond donors (Lipinski definition) is 1. The van der Waals surface area contributed by atoms with Crippen LogP contribution in [0.2, 0.25) is 0 Å². The Morgan fingerprint density at radius 2 is 2.12 bits per heavy atom. The van der Waals surface area contributed by atoms with E-state index in [9.17, 15) is 14.7 Å². The number of aryl methyl sites for hydroxylation is 1. The highest BCUT2D eigenvalue weighted by Gasteiger charge is 2.28. The third-order valence-corrected chi connectivity index (χ3v) is 3.16. The molecule has 0 amide bonds. The van der Waals surface area contributed by atoms with Crippen LogP contribution in [0.3, 0.4) is 0 Å². The van der Waals surface area contributed by atoms with Crippen LogP contribution in [0.15, 0.2) is 9.59 Å². The zero-order valence-electron chi connectivity index (χ0n) is 9.96. The Bertz CT molecular complexity index is 533. The molecule has 7 heteroatoms. The van der Waals surface area contributed by atoms with Crippen LogP contribution in [0.5, 0.6) is 0 Å². The SMILES string of the molecule is Cn1nc(N2CCCC2CO)c(=O)n(C)c1=O. The Kier molecular flexibility index (Phi) is 3.01. The lowest BCUT2D eigenvalue weighted by molar-refractivity contribution is 0.265. The molecule has 1 aliphatic rings. The highest BCUT2D eigenvalue weighted by atomic mass is 16.3. The predicted octanol–water partition coefficient (Wildman–Crippen LogP) is -1.56. The van der Waals surface area contributed by atoms with Crippen molar-refractivity contribution < 1.29 is 5.11 Å². The second kappa shape index (κ2) is 4.33. The van der Waals surface area contributed by atoms with Crippen molar-refractivity contribution in [2.24, 2.45) is 14.1 Å². The third-order valence-electron chi connectivity index (χ3n) is 3.16. The molecular formula is C10H16N4O3. The average molecular weight is 240 g/mol. The van der Waals surface area contributed by atoms with Gasteiger partial charge >= 0.3 is 5.69 Å². The fourth-order valence-electron chi connectivity index (χ4n) is 2.17. The Morgan fingerprint density at radius 3 is 2.76 bits per heavy atom. The predicted molar refractivity (Wildman–Crippen MR) is 62.2 cm³/mol. The van der Waals surface area contributed by atoms with Gasteiger partial charge in [0.1, 0.15) is 0 Å². The summed E-state index contributed by atoms with van der Waals surface area (Å²) in [4.78, 5) is 25.2. The number of aromatic nitrogens is 3. The maximum atomic E-state index is 12.0. The molecule has 1 saturated heterocycles. The van der Waals surface area contributed by atoms with Crippen molar-refractivity contribution in [2.75, 3.05) is 18.1 Å². The van der Waals surface area contributed by atoms with E-state index in [2.05, 4.69) is 5.10 Å². The fraction of sp³-hybridized carbons (Fsp3) is 0.700. The van der Waals surface area contributed by atoms with Gasteiger partial charge in [0.05, 0.1) is 12.6 Å². The van der Waals surface area contributed by atoms with E-state index in [0.29, 0.717) is 6.54 Å².